The van der Waals surface area contributed by atoms with Gasteiger partial charge in [-0.2, -0.15) is 0 Å². The first-order chi connectivity index (χ1) is 24.3. The molecule has 0 amide bonds. The zero-order chi connectivity index (χ0) is 36.2. The van der Waals surface area contributed by atoms with Crippen LogP contribution in [-0.2, 0) is 38.1 Å². The van der Waals surface area contributed by atoms with Gasteiger partial charge in [0, 0.05) is 24.0 Å². The minimum atomic E-state index is -0.563. The third-order valence-corrected chi connectivity index (χ3v) is 14.3. The summed E-state index contributed by atoms with van der Waals surface area (Å²) in [5.41, 5.74) is -0.385. The lowest BCUT2D eigenvalue weighted by Crippen LogP contribution is -2.61. The number of esters is 4. The van der Waals surface area contributed by atoms with Gasteiger partial charge in [0.05, 0.1) is 23.9 Å². The van der Waals surface area contributed by atoms with Crippen LogP contribution in [0.1, 0.15) is 117 Å². The SMILES string of the molecule is C=C(C)C(=O)OC(C)CC1C2CC3CC(C2)CC1C3.C=CC(=O)OC12CC3CC(C1)CC(OC(=O)C(C)=CO)(C3)C2.O=C1OC2C3CCC2C1C3. The molecule has 280 valence electrons. The molecule has 11 rings (SSSR count). The van der Waals surface area contributed by atoms with E-state index in [0.717, 1.165) is 86.7 Å². The molecule has 7 unspecified atom stereocenters. The van der Waals surface area contributed by atoms with Crippen molar-refractivity contribution < 1.29 is 43.2 Å². The molecule has 10 saturated carbocycles. The molecule has 10 aliphatic carbocycles. The van der Waals surface area contributed by atoms with Crippen LogP contribution in [0.4, 0.5) is 0 Å². The highest BCUT2D eigenvalue weighted by atomic mass is 16.6. The van der Waals surface area contributed by atoms with Crippen LogP contribution in [0.2, 0.25) is 0 Å². The maximum absolute atomic E-state index is 12.1. The number of aliphatic hydroxyl groups excluding tert-OH is 1. The molecule has 1 heterocycles. The number of hydrogen-bond acceptors (Lipinski definition) is 9. The highest BCUT2D eigenvalue weighted by Gasteiger charge is 2.62. The molecule has 0 aromatic rings. The van der Waals surface area contributed by atoms with E-state index in [0.29, 0.717) is 41.8 Å². The van der Waals surface area contributed by atoms with Crippen molar-refractivity contribution in [3.05, 3.63) is 36.6 Å². The Morgan fingerprint density at radius 2 is 1.45 bits per heavy atom. The maximum atomic E-state index is 12.1. The zero-order valence-corrected chi connectivity index (χ0v) is 30.8. The summed E-state index contributed by atoms with van der Waals surface area (Å²) >= 11 is 0. The first-order valence-corrected chi connectivity index (χ1v) is 19.7. The molecule has 11 aliphatic rings. The Labute approximate surface area is 302 Å². The monoisotopic (exact) mass is 706 g/mol. The van der Waals surface area contributed by atoms with E-state index < -0.39 is 23.1 Å². The summed E-state index contributed by atoms with van der Waals surface area (Å²) in [5.74, 6) is 6.17. The van der Waals surface area contributed by atoms with Crippen LogP contribution in [-0.4, -0.2) is 52.4 Å². The van der Waals surface area contributed by atoms with Crippen molar-refractivity contribution >= 4 is 23.9 Å². The standard InChI is InChI=1S/C17H22O5.C17H26O2.C8H10O2/c1-3-14(19)21-16-5-12-4-13(6-16)8-17(7-12,10-16)22-15(20)11(2)9-18;1-10(2)17(18)19-11(3)4-16-14-6-12-5-13(8-14)9-15(16)7-12;9-8-6-3-4-1-2-5(6)7(4)10-8/h3,9,12-13,18H,1,4-8,10H2,2H3;11-16H,1,4-9H2,2-3H3;4-7H,1-3H2. The summed E-state index contributed by atoms with van der Waals surface area (Å²) in [6.07, 6.45) is 19.4. The summed E-state index contributed by atoms with van der Waals surface area (Å²) in [6, 6.07) is 0. The summed E-state index contributed by atoms with van der Waals surface area (Å²) in [4.78, 5) is 46.3. The molecule has 1 N–H and O–H groups in total. The molecule has 12 bridgehead atoms. The van der Waals surface area contributed by atoms with Gasteiger partial charge in [0.25, 0.3) is 0 Å². The topological polar surface area (TPSA) is 125 Å². The van der Waals surface area contributed by atoms with E-state index in [2.05, 4.69) is 13.2 Å². The predicted molar refractivity (Wildman–Crippen MR) is 189 cm³/mol. The average molecular weight is 707 g/mol. The third-order valence-electron chi connectivity index (χ3n) is 14.3. The Morgan fingerprint density at radius 3 is 1.96 bits per heavy atom. The lowest BCUT2D eigenvalue weighted by molar-refractivity contribution is -0.227. The Kier molecular flexibility index (Phi) is 9.98. The summed E-state index contributed by atoms with van der Waals surface area (Å²) < 4.78 is 22.1. The minimum absolute atomic E-state index is 0.0479. The second-order valence-corrected chi connectivity index (χ2v) is 18.2. The molecule has 11 fully saturated rings. The molecule has 1 saturated heterocycles. The summed E-state index contributed by atoms with van der Waals surface area (Å²) in [7, 11) is 0. The quantitative estimate of drug-likeness (QED) is 0.117. The molecule has 9 heteroatoms. The molecule has 0 spiro atoms. The van der Waals surface area contributed by atoms with Gasteiger partial charge in [0.15, 0.2) is 0 Å². The van der Waals surface area contributed by atoms with Gasteiger partial charge >= 0.3 is 23.9 Å². The second kappa shape index (κ2) is 14.0. The number of ether oxygens (including phenoxy) is 4. The molecule has 0 aromatic heterocycles. The zero-order valence-electron chi connectivity index (χ0n) is 30.8. The largest absolute Gasteiger partial charge is 0.515 e. The van der Waals surface area contributed by atoms with Crippen LogP contribution in [0.5, 0.6) is 0 Å². The van der Waals surface area contributed by atoms with Gasteiger partial charge in [0.2, 0.25) is 0 Å². The van der Waals surface area contributed by atoms with Gasteiger partial charge in [-0.1, -0.05) is 13.2 Å². The van der Waals surface area contributed by atoms with Crippen molar-refractivity contribution in [2.24, 2.45) is 59.2 Å². The number of carbonyl (C=O) groups is 4. The lowest BCUT2D eigenvalue weighted by Gasteiger charge is -2.60. The van der Waals surface area contributed by atoms with Gasteiger partial charge in [-0.15, -0.1) is 0 Å². The van der Waals surface area contributed by atoms with Gasteiger partial charge in [-0.3, -0.25) is 4.79 Å². The van der Waals surface area contributed by atoms with Crippen molar-refractivity contribution in [2.75, 3.05) is 0 Å². The maximum Gasteiger partial charge on any atom is 0.337 e. The fourth-order valence-corrected chi connectivity index (χ4v) is 13.0. The molecule has 0 aromatic carbocycles. The molecular weight excluding hydrogens is 648 g/mol. The second-order valence-electron chi connectivity index (χ2n) is 18.2. The first-order valence-electron chi connectivity index (χ1n) is 19.7. The van der Waals surface area contributed by atoms with E-state index in [1.165, 1.54) is 57.9 Å². The molecule has 7 atom stereocenters. The highest BCUT2D eigenvalue weighted by Crippen LogP contribution is 2.61. The normalized spacial score (nSPS) is 43.2. The van der Waals surface area contributed by atoms with Crippen molar-refractivity contribution in [1.29, 1.82) is 0 Å². The van der Waals surface area contributed by atoms with Crippen LogP contribution in [0.25, 0.3) is 0 Å². The van der Waals surface area contributed by atoms with Gasteiger partial charge in [-0.05, 0) is 158 Å². The van der Waals surface area contributed by atoms with E-state index in [1.54, 1.807) is 6.92 Å². The van der Waals surface area contributed by atoms with E-state index in [9.17, 15) is 19.2 Å². The van der Waals surface area contributed by atoms with E-state index in [1.807, 2.05) is 6.92 Å². The Morgan fingerprint density at radius 1 is 0.863 bits per heavy atom. The van der Waals surface area contributed by atoms with Gasteiger partial charge in [-0.25, -0.2) is 14.4 Å². The van der Waals surface area contributed by atoms with Crippen molar-refractivity contribution in [3.8, 4) is 0 Å². The minimum Gasteiger partial charge on any atom is -0.515 e. The van der Waals surface area contributed by atoms with Gasteiger partial charge < -0.3 is 24.1 Å². The van der Waals surface area contributed by atoms with E-state index in [-0.39, 0.29) is 23.6 Å². The number of aliphatic hydroxyl groups is 1. The number of carbonyl (C=O) groups excluding carboxylic acids is 4. The molecular formula is C42H58O9. The van der Waals surface area contributed by atoms with Crippen LogP contribution in [0, 0.1) is 59.2 Å². The van der Waals surface area contributed by atoms with Crippen molar-refractivity contribution in [3.63, 3.8) is 0 Å². The molecule has 51 heavy (non-hydrogen) atoms. The fourth-order valence-electron chi connectivity index (χ4n) is 13.0. The highest BCUT2D eigenvalue weighted by molar-refractivity contribution is 5.88. The van der Waals surface area contributed by atoms with Crippen LogP contribution in [0.3, 0.4) is 0 Å². The number of rotatable bonds is 8. The molecule has 9 nitrogen and oxygen atoms in total. The Bertz CT molecular complexity index is 1420. The van der Waals surface area contributed by atoms with Gasteiger partial charge in [0.1, 0.15) is 17.3 Å². The summed E-state index contributed by atoms with van der Waals surface area (Å²) in [5, 5.41) is 8.98. The van der Waals surface area contributed by atoms with Crippen LogP contribution < -0.4 is 0 Å². The van der Waals surface area contributed by atoms with E-state index >= 15 is 0 Å². The fraction of sp³-hybridized carbons (Fsp3) is 0.762. The van der Waals surface area contributed by atoms with Crippen LogP contribution >= 0.6 is 0 Å². The predicted octanol–water partition coefficient (Wildman–Crippen LogP) is 7.73. The first kappa shape index (κ1) is 36.3. The molecule has 0 radical (unpaired) electrons. The van der Waals surface area contributed by atoms with Crippen molar-refractivity contribution in [1.82, 2.24) is 0 Å². The Hall–Kier alpha value is -3.10. The molecule has 1 aliphatic heterocycles. The van der Waals surface area contributed by atoms with Crippen LogP contribution in [0.15, 0.2) is 36.6 Å². The van der Waals surface area contributed by atoms with Crippen molar-refractivity contribution in [2.45, 2.75) is 140 Å². The smallest absolute Gasteiger partial charge is 0.337 e. The lowest BCUT2D eigenvalue weighted by atomic mass is 9.51. The van der Waals surface area contributed by atoms with E-state index in [4.69, 9.17) is 24.1 Å². The number of hydrogen-bond donors (Lipinski definition) is 1. The Balaban J connectivity index is 0.000000127. The third kappa shape index (κ3) is 7.29. The summed E-state index contributed by atoms with van der Waals surface area (Å²) in [6.45, 7) is 12.4. The average Bonchev–Trinajstić information content (AvgIpc) is 3.72.